The van der Waals surface area contributed by atoms with Crippen molar-refractivity contribution < 1.29 is 0 Å². The summed E-state index contributed by atoms with van der Waals surface area (Å²) in [4.78, 5) is 1.32. The van der Waals surface area contributed by atoms with Gasteiger partial charge in [-0.3, -0.25) is 0 Å². The van der Waals surface area contributed by atoms with Gasteiger partial charge in [0.1, 0.15) is 0 Å². The molecule has 0 saturated carbocycles. The maximum absolute atomic E-state index is 4.11. The summed E-state index contributed by atoms with van der Waals surface area (Å²) >= 11 is 1.59. The molecular formula is C9H12N2S. The average molecular weight is 180 g/mol. The number of nitrogens with zero attached hydrogens (tertiary/aromatic N) is 1. The van der Waals surface area contributed by atoms with Crippen molar-refractivity contribution in [3.05, 3.63) is 22.7 Å². The zero-order valence-corrected chi connectivity index (χ0v) is 7.95. The van der Waals surface area contributed by atoms with Crippen molar-refractivity contribution in [3.8, 4) is 0 Å². The molecule has 0 radical (unpaired) electrons. The number of aromatic nitrogens is 1. The van der Waals surface area contributed by atoms with Crippen LogP contribution in [0.3, 0.4) is 0 Å². The molecule has 12 heavy (non-hydrogen) atoms. The first-order valence-electron chi connectivity index (χ1n) is 4.18. The fraction of sp³-hybridized carbons (Fsp3) is 0.444. The molecule has 2 rings (SSSR count). The first-order valence-corrected chi connectivity index (χ1v) is 4.95. The van der Waals surface area contributed by atoms with Crippen LogP contribution in [0.4, 0.5) is 0 Å². The fourth-order valence-electron chi connectivity index (χ4n) is 1.46. The van der Waals surface area contributed by atoms with Crippen LogP contribution < -0.4 is 5.32 Å². The van der Waals surface area contributed by atoms with E-state index in [0.717, 1.165) is 13.1 Å². The standard InChI is InChI=1S/C9H12N2S/c1-7-2-4-10-6-8(7)9-3-5-11-12-9/h3,5,10H,2,4,6H2,1H3. The molecule has 1 aliphatic rings. The van der Waals surface area contributed by atoms with Crippen LogP contribution in [0.15, 0.2) is 17.8 Å². The highest BCUT2D eigenvalue weighted by Crippen LogP contribution is 2.24. The Bertz CT molecular complexity index is 287. The predicted molar refractivity (Wildman–Crippen MR) is 52.2 cm³/mol. The van der Waals surface area contributed by atoms with Crippen molar-refractivity contribution in [3.63, 3.8) is 0 Å². The van der Waals surface area contributed by atoms with Gasteiger partial charge in [-0.05, 0) is 43.1 Å². The van der Waals surface area contributed by atoms with E-state index in [9.17, 15) is 0 Å². The Balaban J connectivity index is 2.33. The third-order valence-electron chi connectivity index (χ3n) is 2.23. The Morgan fingerprint density at radius 1 is 1.58 bits per heavy atom. The molecule has 0 fully saturated rings. The van der Waals surface area contributed by atoms with Crippen LogP contribution in [0.5, 0.6) is 0 Å². The first-order chi connectivity index (χ1) is 5.88. The molecule has 0 atom stereocenters. The number of hydrogen-bond acceptors (Lipinski definition) is 3. The second kappa shape index (κ2) is 3.37. The molecule has 1 aromatic rings. The first kappa shape index (κ1) is 7.95. The van der Waals surface area contributed by atoms with Gasteiger partial charge in [0.05, 0.1) is 4.88 Å². The largest absolute Gasteiger partial charge is 0.312 e. The quantitative estimate of drug-likeness (QED) is 0.714. The second-order valence-corrected chi connectivity index (χ2v) is 3.90. The zero-order chi connectivity index (χ0) is 8.39. The van der Waals surface area contributed by atoms with Crippen molar-refractivity contribution in [1.82, 2.24) is 9.69 Å². The lowest BCUT2D eigenvalue weighted by molar-refractivity contribution is 0.716. The summed E-state index contributed by atoms with van der Waals surface area (Å²) in [5.74, 6) is 0. The van der Waals surface area contributed by atoms with E-state index < -0.39 is 0 Å². The SMILES string of the molecule is CC1=C(c2ccns2)CNCC1. The Morgan fingerprint density at radius 2 is 2.50 bits per heavy atom. The lowest BCUT2D eigenvalue weighted by Gasteiger charge is -2.17. The lowest BCUT2D eigenvalue weighted by Crippen LogP contribution is -2.23. The van der Waals surface area contributed by atoms with Crippen LogP contribution in [-0.4, -0.2) is 17.5 Å². The molecule has 0 bridgehead atoms. The topological polar surface area (TPSA) is 24.9 Å². The van der Waals surface area contributed by atoms with Gasteiger partial charge in [0.25, 0.3) is 0 Å². The molecule has 0 aliphatic carbocycles. The van der Waals surface area contributed by atoms with Gasteiger partial charge in [0, 0.05) is 12.7 Å². The Labute approximate surface area is 76.5 Å². The van der Waals surface area contributed by atoms with Gasteiger partial charge in [-0.2, -0.15) is 0 Å². The summed E-state index contributed by atoms with van der Waals surface area (Å²) in [5.41, 5.74) is 2.96. The van der Waals surface area contributed by atoms with Crippen molar-refractivity contribution in [2.75, 3.05) is 13.1 Å². The Morgan fingerprint density at radius 3 is 3.17 bits per heavy atom. The van der Waals surface area contributed by atoms with Crippen LogP contribution in [0.1, 0.15) is 18.2 Å². The van der Waals surface area contributed by atoms with Crippen molar-refractivity contribution in [2.45, 2.75) is 13.3 Å². The van der Waals surface area contributed by atoms with E-state index in [1.165, 1.54) is 22.4 Å². The Kier molecular flexibility index (Phi) is 2.23. The summed E-state index contributed by atoms with van der Waals surface area (Å²) in [6.45, 7) is 4.35. The molecular weight excluding hydrogens is 168 g/mol. The second-order valence-electron chi connectivity index (χ2n) is 3.06. The molecule has 0 amide bonds. The molecule has 2 nitrogen and oxygen atoms in total. The summed E-state index contributed by atoms with van der Waals surface area (Å²) in [5, 5.41) is 3.37. The van der Waals surface area contributed by atoms with E-state index in [4.69, 9.17) is 0 Å². The molecule has 1 N–H and O–H groups in total. The predicted octanol–water partition coefficient (Wildman–Crippen LogP) is 1.91. The van der Waals surface area contributed by atoms with E-state index in [0.29, 0.717) is 0 Å². The third-order valence-corrected chi connectivity index (χ3v) is 3.04. The van der Waals surface area contributed by atoms with Gasteiger partial charge in [-0.25, -0.2) is 4.37 Å². The monoisotopic (exact) mass is 180 g/mol. The normalized spacial score (nSPS) is 18.4. The van der Waals surface area contributed by atoms with E-state index >= 15 is 0 Å². The van der Waals surface area contributed by atoms with Crippen LogP contribution in [0.2, 0.25) is 0 Å². The average Bonchev–Trinajstić information content (AvgIpc) is 2.57. The highest BCUT2D eigenvalue weighted by Gasteiger charge is 2.11. The smallest absolute Gasteiger partial charge is 0.0521 e. The van der Waals surface area contributed by atoms with E-state index in [-0.39, 0.29) is 0 Å². The molecule has 64 valence electrons. The minimum atomic E-state index is 1.01. The maximum atomic E-state index is 4.11. The van der Waals surface area contributed by atoms with Gasteiger partial charge in [-0.1, -0.05) is 5.57 Å². The van der Waals surface area contributed by atoms with Crippen LogP contribution in [-0.2, 0) is 0 Å². The van der Waals surface area contributed by atoms with E-state index in [1.54, 1.807) is 11.5 Å². The van der Waals surface area contributed by atoms with Gasteiger partial charge < -0.3 is 5.32 Å². The zero-order valence-electron chi connectivity index (χ0n) is 7.13. The Hall–Kier alpha value is -0.670. The molecule has 2 heterocycles. The summed E-state index contributed by atoms with van der Waals surface area (Å²) < 4.78 is 4.11. The van der Waals surface area contributed by atoms with E-state index in [1.807, 2.05) is 6.20 Å². The number of nitrogens with one attached hydrogen (secondary N) is 1. The molecule has 1 aromatic heterocycles. The number of hydrogen-bond donors (Lipinski definition) is 1. The lowest BCUT2D eigenvalue weighted by atomic mass is 10.0. The highest BCUT2D eigenvalue weighted by atomic mass is 32.1. The van der Waals surface area contributed by atoms with Crippen LogP contribution >= 0.6 is 11.5 Å². The van der Waals surface area contributed by atoms with Crippen molar-refractivity contribution in [1.29, 1.82) is 0 Å². The van der Waals surface area contributed by atoms with Crippen molar-refractivity contribution in [2.24, 2.45) is 0 Å². The van der Waals surface area contributed by atoms with Crippen LogP contribution in [0.25, 0.3) is 5.57 Å². The summed E-state index contributed by atoms with van der Waals surface area (Å²) in [6, 6.07) is 2.09. The molecule has 0 saturated heterocycles. The summed E-state index contributed by atoms with van der Waals surface area (Å²) in [7, 11) is 0. The molecule has 1 aliphatic heterocycles. The molecule has 0 aromatic carbocycles. The molecule has 3 heteroatoms. The van der Waals surface area contributed by atoms with Crippen molar-refractivity contribution >= 4 is 17.1 Å². The van der Waals surface area contributed by atoms with Gasteiger partial charge in [-0.15, -0.1) is 0 Å². The highest BCUT2D eigenvalue weighted by molar-refractivity contribution is 7.07. The number of rotatable bonds is 1. The minimum Gasteiger partial charge on any atom is -0.312 e. The van der Waals surface area contributed by atoms with E-state index in [2.05, 4.69) is 22.7 Å². The van der Waals surface area contributed by atoms with Gasteiger partial charge in [0.15, 0.2) is 0 Å². The maximum Gasteiger partial charge on any atom is 0.0521 e. The third kappa shape index (κ3) is 1.42. The molecule has 0 spiro atoms. The molecule has 0 unspecified atom stereocenters. The van der Waals surface area contributed by atoms with Crippen LogP contribution in [0, 0.1) is 0 Å². The fourth-order valence-corrected chi connectivity index (χ4v) is 2.17. The van der Waals surface area contributed by atoms with Gasteiger partial charge >= 0.3 is 0 Å². The summed E-state index contributed by atoms with van der Waals surface area (Å²) in [6.07, 6.45) is 3.04. The minimum absolute atomic E-state index is 1.01. The van der Waals surface area contributed by atoms with Gasteiger partial charge in [0.2, 0.25) is 0 Å².